The van der Waals surface area contributed by atoms with Gasteiger partial charge >= 0.3 is 0 Å². The molecule has 0 saturated heterocycles. The summed E-state index contributed by atoms with van der Waals surface area (Å²) in [6, 6.07) is 4.79. The molecular weight excluding hydrogens is 452 g/mol. The molecule has 0 spiro atoms. The standard InChI is InChI=1S/C19H20Cl2FN5O2S/c1-9-5-7-14(22)16(10(9)2)12(4)18(19-23-26-27-24-19)25-30(28,29)15-8-6-13(20)11(3)17(15)21/h5-8,12,18,25H,1-4H3,(H,23,24,26,27). The van der Waals surface area contributed by atoms with Gasteiger partial charge in [0.15, 0.2) is 5.82 Å². The van der Waals surface area contributed by atoms with Crippen LogP contribution in [0, 0.1) is 26.6 Å². The molecule has 0 fully saturated rings. The van der Waals surface area contributed by atoms with E-state index in [9.17, 15) is 12.8 Å². The average molecular weight is 472 g/mol. The molecule has 0 amide bonds. The minimum Gasteiger partial charge on any atom is -0.207 e. The monoisotopic (exact) mass is 471 g/mol. The molecule has 11 heteroatoms. The lowest BCUT2D eigenvalue weighted by Gasteiger charge is -2.25. The molecule has 0 saturated carbocycles. The summed E-state index contributed by atoms with van der Waals surface area (Å²) in [7, 11) is -4.13. The highest BCUT2D eigenvalue weighted by molar-refractivity contribution is 7.89. The summed E-state index contributed by atoms with van der Waals surface area (Å²) in [6.07, 6.45) is 0. The fraction of sp³-hybridized carbons (Fsp3) is 0.316. The summed E-state index contributed by atoms with van der Waals surface area (Å²) in [5.41, 5.74) is 2.40. The quantitative estimate of drug-likeness (QED) is 0.554. The van der Waals surface area contributed by atoms with Crippen LogP contribution >= 0.6 is 23.2 Å². The van der Waals surface area contributed by atoms with Crippen LogP contribution in [0.4, 0.5) is 4.39 Å². The lowest BCUT2D eigenvalue weighted by molar-refractivity contribution is 0.478. The van der Waals surface area contributed by atoms with Gasteiger partial charge in [-0.05, 0) is 61.2 Å². The first kappa shape index (κ1) is 22.6. The predicted molar refractivity (Wildman–Crippen MR) is 113 cm³/mol. The van der Waals surface area contributed by atoms with Crippen LogP contribution in [0.1, 0.15) is 47.0 Å². The van der Waals surface area contributed by atoms with Crippen molar-refractivity contribution in [2.45, 2.75) is 44.6 Å². The molecule has 0 aliphatic heterocycles. The Morgan fingerprint density at radius 1 is 1.10 bits per heavy atom. The number of hydrogen-bond donors (Lipinski definition) is 2. The van der Waals surface area contributed by atoms with Gasteiger partial charge in [0.05, 0.1) is 11.1 Å². The SMILES string of the molecule is Cc1ccc(F)c(C(C)C(NS(=O)(=O)c2ccc(Cl)c(C)c2Cl)c2nn[nH]n2)c1C. The zero-order valence-electron chi connectivity index (χ0n) is 16.7. The fourth-order valence-electron chi connectivity index (χ4n) is 3.28. The molecular formula is C19H20Cl2FN5O2S. The number of nitrogens with one attached hydrogen (secondary N) is 2. The Morgan fingerprint density at radius 2 is 1.80 bits per heavy atom. The average Bonchev–Trinajstić information content (AvgIpc) is 3.21. The number of rotatable bonds is 6. The zero-order valence-corrected chi connectivity index (χ0v) is 19.0. The van der Waals surface area contributed by atoms with Crippen LogP contribution in [0.3, 0.4) is 0 Å². The summed E-state index contributed by atoms with van der Waals surface area (Å²) in [5.74, 6) is -1.02. The third-order valence-corrected chi connectivity index (χ3v) is 7.68. The Bertz CT molecular complexity index is 1190. The van der Waals surface area contributed by atoms with Crippen LogP contribution in [0.5, 0.6) is 0 Å². The Hall–Kier alpha value is -2.07. The highest BCUT2D eigenvalue weighted by Crippen LogP contribution is 2.36. The predicted octanol–water partition coefficient (Wildman–Crippen LogP) is 4.39. The molecule has 3 rings (SSSR count). The van der Waals surface area contributed by atoms with Gasteiger partial charge in [0, 0.05) is 10.9 Å². The van der Waals surface area contributed by atoms with Gasteiger partial charge in [-0.15, -0.1) is 10.2 Å². The summed E-state index contributed by atoms with van der Waals surface area (Å²) >= 11 is 12.3. The van der Waals surface area contributed by atoms with E-state index in [1.165, 1.54) is 18.2 Å². The number of sulfonamides is 1. The van der Waals surface area contributed by atoms with E-state index in [0.717, 1.165) is 11.1 Å². The summed E-state index contributed by atoms with van der Waals surface area (Å²) in [5, 5.41) is 14.0. The third-order valence-electron chi connectivity index (χ3n) is 5.18. The van der Waals surface area contributed by atoms with Gasteiger partial charge in [-0.1, -0.05) is 41.4 Å². The van der Waals surface area contributed by atoms with Crippen molar-refractivity contribution in [1.82, 2.24) is 25.3 Å². The van der Waals surface area contributed by atoms with Crippen molar-refractivity contribution in [2.75, 3.05) is 0 Å². The molecule has 2 N–H and O–H groups in total. The molecule has 160 valence electrons. The molecule has 0 bridgehead atoms. The van der Waals surface area contributed by atoms with Crippen LogP contribution in [0.2, 0.25) is 10.0 Å². The molecule has 1 heterocycles. The summed E-state index contributed by atoms with van der Waals surface area (Å²) in [4.78, 5) is -0.145. The maximum absolute atomic E-state index is 14.7. The van der Waals surface area contributed by atoms with Gasteiger partial charge < -0.3 is 0 Å². The van der Waals surface area contributed by atoms with Crippen LogP contribution in [0.25, 0.3) is 0 Å². The van der Waals surface area contributed by atoms with E-state index < -0.39 is 27.8 Å². The summed E-state index contributed by atoms with van der Waals surface area (Å²) < 4.78 is 43.6. The van der Waals surface area contributed by atoms with Crippen LogP contribution in [-0.4, -0.2) is 29.0 Å². The number of halogens is 3. The Morgan fingerprint density at radius 3 is 2.43 bits per heavy atom. The van der Waals surface area contributed by atoms with Crippen molar-refractivity contribution < 1.29 is 12.8 Å². The van der Waals surface area contributed by atoms with E-state index in [2.05, 4.69) is 25.3 Å². The van der Waals surface area contributed by atoms with Crippen molar-refractivity contribution in [3.63, 3.8) is 0 Å². The van der Waals surface area contributed by atoms with E-state index in [-0.39, 0.29) is 15.7 Å². The number of aromatic nitrogens is 4. The number of tetrazole rings is 1. The summed E-state index contributed by atoms with van der Waals surface area (Å²) in [6.45, 7) is 6.96. The molecule has 2 aromatic carbocycles. The first-order valence-corrected chi connectivity index (χ1v) is 11.2. The number of benzene rings is 2. The minimum absolute atomic E-state index is 0.00688. The second kappa shape index (κ2) is 8.58. The number of H-pyrrole nitrogens is 1. The van der Waals surface area contributed by atoms with Gasteiger partial charge in [0.25, 0.3) is 0 Å². The molecule has 0 aliphatic rings. The van der Waals surface area contributed by atoms with Gasteiger partial charge in [0.2, 0.25) is 10.0 Å². The zero-order chi connectivity index (χ0) is 22.2. The normalized spacial score (nSPS) is 14.0. The van der Waals surface area contributed by atoms with Crippen molar-refractivity contribution in [3.8, 4) is 0 Å². The van der Waals surface area contributed by atoms with Gasteiger partial charge in [0.1, 0.15) is 10.7 Å². The smallest absolute Gasteiger partial charge is 0.207 e. The minimum atomic E-state index is -4.13. The largest absolute Gasteiger partial charge is 0.242 e. The molecule has 0 radical (unpaired) electrons. The fourth-order valence-corrected chi connectivity index (χ4v) is 5.37. The van der Waals surface area contributed by atoms with E-state index in [0.29, 0.717) is 16.1 Å². The van der Waals surface area contributed by atoms with Gasteiger partial charge in [-0.3, -0.25) is 0 Å². The number of aromatic amines is 1. The lowest BCUT2D eigenvalue weighted by atomic mass is 9.88. The molecule has 3 aromatic rings. The van der Waals surface area contributed by atoms with E-state index in [1.807, 2.05) is 6.92 Å². The van der Waals surface area contributed by atoms with Crippen molar-refractivity contribution >= 4 is 33.2 Å². The molecule has 1 aromatic heterocycles. The number of nitrogens with zero attached hydrogens (tertiary/aromatic N) is 3. The van der Waals surface area contributed by atoms with Crippen LogP contribution in [0.15, 0.2) is 29.2 Å². The lowest BCUT2D eigenvalue weighted by Crippen LogP contribution is -2.33. The van der Waals surface area contributed by atoms with Gasteiger partial charge in [-0.25, -0.2) is 12.8 Å². The van der Waals surface area contributed by atoms with Crippen molar-refractivity contribution in [3.05, 3.63) is 68.2 Å². The maximum atomic E-state index is 14.7. The van der Waals surface area contributed by atoms with E-state index in [4.69, 9.17) is 23.2 Å². The van der Waals surface area contributed by atoms with E-state index >= 15 is 0 Å². The maximum Gasteiger partial charge on any atom is 0.242 e. The van der Waals surface area contributed by atoms with Crippen molar-refractivity contribution in [2.24, 2.45) is 0 Å². The van der Waals surface area contributed by atoms with Crippen LogP contribution < -0.4 is 4.72 Å². The highest BCUT2D eigenvalue weighted by Gasteiger charge is 2.33. The topological polar surface area (TPSA) is 101 Å². The molecule has 7 nitrogen and oxygen atoms in total. The highest BCUT2D eigenvalue weighted by atomic mass is 35.5. The Labute approximate surface area is 184 Å². The molecule has 30 heavy (non-hydrogen) atoms. The first-order valence-electron chi connectivity index (χ1n) is 9.00. The first-order chi connectivity index (χ1) is 14.0. The van der Waals surface area contributed by atoms with E-state index in [1.54, 1.807) is 26.8 Å². The Balaban J connectivity index is 2.09. The molecule has 2 unspecified atom stereocenters. The number of hydrogen-bond acceptors (Lipinski definition) is 5. The molecule has 0 aliphatic carbocycles. The number of aryl methyl sites for hydroxylation is 1. The van der Waals surface area contributed by atoms with Crippen molar-refractivity contribution in [1.29, 1.82) is 0 Å². The molecule has 2 atom stereocenters. The second-order valence-corrected chi connectivity index (χ2v) is 9.51. The third kappa shape index (κ3) is 4.20. The van der Waals surface area contributed by atoms with Gasteiger partial charge in [-0.2, -0.15) is 9.94 Å². The Kier molecular flexibility index (Phi) is 6.47. The second-order valence-electron chi connectivity index (χ2n) is 7.05. The van der Waals surface area contributed by atoms with Crippen LogP contribution in [-0.2, 0) is 10.0 Å².